The van der Waals surface area contributed by atoms with Crippen molar-refractivity contribution in [3.05, 3.63) is 58.4 Å². The van der Waals surface area contributed by atoms with E-state index in [1.54, 1.807) is 25.3 Å². The molecule has 0 atom stereocenters. The van der Waals surface area contributed by atoms with Crippen LogP contribution in [0.5, 0.6) is 11.5 Å². The molecule has 0 saturated carbocycles. The summed E-state index contributed by atoms with van der Waals surface area (Å²) < 4.78 is 24.1. The molecular weight excluding hydrogens is 317 g/mol. The molecule has 0 aliphatic carbocycles. The third-order valence-electron chi connectivity index (χ3n) is 3.38. The van der Waals surface area contributed by atoms with E-state index in [0.29, 0.717) is 29.7 Å². The van der Waals surface area contributed by atoms with Crippen molar-refractivity contribution in [1.29, 1.82) is 0 Å². The van der Waals surface area contributed by atoms with Crippen molar-refractivity contribution < 1.29 is 13.9 Å². The summed E-state index contributed by atoms with van der Waals surface area (Å²) in [6.45, 7) is 4.05. The molecule has 0 heterocycles. The second-order valence-electron chi connectivity index (χ2n) is 5.19. The highest BCUT2D eigenvalue weighted by molar-refractivity contribution is 6.31. The van der Waals surface area contributed by atoms with Crippen LogP contribution in [-0.2, 0) is 13.2 Å². The molecule has 0 bridgehead atoms. The van der Waals surface area contributed by atoms with Crippen molar-refractivity contribution in [2.75, 3.05) is 13.7 Å². The molecule has 0 fully saturated rings. The molecule has 124 valence electrons. The van der Waals surface area contributed by atoms with Crippen LogP contribution in [0.2, 0.25) is 5.02 Å². The Morgan fingerprint density at radius 2 is 1.87 bits per heavy atom. The van der Waals surface area contributed by atoms with Crippen LogP contribution in [0.3, 0.4) is 0 Å². The summed E-state index contributed by atoms with van der Waals surface area (Å²) in [6.07, 6.45) is 1.06. The number of nitrogens with one attached hydrogen (secondary N) is 1. The Balaban J connectivity index is 2.08. The molecule has 0 aliphatic heterocycles. The van der Waals surface area contributed by atoms with Gasteiger partial charge in [0.05, 0.1) is 7.11 Å². The molecule has 0 saturated heterocycles. The number of ether oxygens (including phenoxy) is 2. The quantitative estimate of drug-likeness (QED) is 0.716. The van der Waals surface area contributed by atoms with E-state index in [0.717, 1.165) is 24.1 Å². The molecule has 23 heavy (non-hydrogen) atoms. The minimum Gasteiger partial charge on any atom is -0.493 e. The Morgan fingerprint density at radius 3 is 2.52 bits per heavy atom. The molecule has 2 aromatic rings. The van der Waals surface area contributed by atoms with Gasteiger partial charge in [-0.1, -0.05) is 30.7 Å². The largest absolute Gasteiger partial charge is 0.493 e. The summed E-state index contributed by atoms with van der Waals surface area (Å²) in [4.78, 5) is 0. The molecule has 0 amide bonds. The van der Waals surface area contributed by atoms with Gasteiger partial charge in [0.1, 0.15) is 12.4 Å². The zero-order chi connectivity index (χ0) is 16.7. The number of benzene rings is 2. The van der Waals surface area contributed by atoms with Crippen LogP contribution in [0.1, 0.15) is 24.5 Å². The average molecular weight is 338 g/mol. The van der Waals surface area contributed by atoms with Crippen molar-refractivity contribution in [2.24, 2.45) is 0 Å². The van der Waals surface area contributed by atoms with Crippen LogP contribution < -0.4 is 14.8 Å². The van der Waals surface area contributed by atoms with Crippen LogP contribution in [-0.4, -0.2) is 13.7 Å². The maximum absolute atomic E-state index is 12.9. The van der Waals surface area contributed by atoms with Crippen molar-refractivity contribution >= 4 is 11.6 Å². The Kier molecular flexibility index (Phi) is 6.68. The Hall–Kier alpha value is -1.78. The van der Waals surface area contributed by atoms with Gasteiger partial charge in [-0.2, -0.15) is 0 Å². The molecule has 0 spiro atoms. The van der Waals surface area contributed by atoms with E-state index in [-0.39, 0.29) is 5.82 Å². The molecular formula is C18H21ClFNO2. The summed E-state index contributed by atoms with van der Waals surface area (Å²) in [5, 5.41) is 3.94. The molecule has 0 unspecified atom stereocenters. The fourth-order valence-electron chi connectivity index (χ4n) is 2.13. The fraction of sp³-hybridized carbons (Fsp3) is 0.333. The predicted octanol–water partition coefficient (Wildman–Crippen LogP) is 4.57. The molecule has 1 N–H and O–H groups in total. The van der Waals surface area contributed by atoms with Crippen molar-refractivity contribution in [3.63, 3.8) is 0 Å². The van der Waals surface area contributed by atoms with E-state index < -0.39 is 0 Å². The Labute approximate surface area is 141 Å². The minimum absolute atomic E-state index is 0.265. The zero-order valence-electron chi connectivity index (χ0n) is 13.4. The summed E-state index contributed by atoms with van der Waals surface area (Å²) in [5.41, 5.74) is 1.84. The molecule has 2 rings (SSSR count). The minimum atomic E-state index is -0.265. The van der Waals surface area contributed by atoms with Crippen molar-refractivity contribution in [1.82, 2.24) is 5.32 Å². The van der Waals surface area contributed by atoms with E-state index in [9.17, 15) is 4.39 Å². The number of methoxy groups -OCH3 is 1. The number of rotatable bonds is 8. The van der Waals surface area contributed by atoms with Gasteiger partial charge in [0.2, 0.25) is 0 Å². The highest BCUT2D eigenvalue weighted by Crippen LogP contribution is 2.33. The highest BCUT2D eigenvalue weighted by Gasteiger charge is 2.11. The summed E-state index contributed by atoms with van der Waals surface area (Å²) >= 11 is 6.31. The lowest BCUT2D eigenvalue weighted by atomic mass is 10.2. The third kappa shape index (κ3) is 5.12. The maximum Gasteiger partial charge on any atom is 0.163 e. The SMILES string of the molecule is CCCNCc1cc(OC)c(OCc2ccc(F)cc2)cc1Cl. The van der Waals surface area contributed by atoms with Crippen molar-refractivity contribution in [3.8, 4) is 11.5 Å². The van der Waals surface area contributed by atoms with Gasteiger partial charge in [-0.3, -0.25) is 0 Å². The number of hydrogen-bond acceptors (Lipinski definition) is 3. The zero-order valence-corrected chi connectivity index (χ0v) is 14.1. The first-order valence-electron chi connectivity index (χ1n) is 7.58. The Morgan fingerprint density at radius 1 is 1.13 bits per heavy atom. The van der Waals surface area contributed by atoms with Gasteiger partial charge in [-0.15, -0.1) is 0 Å². The van der Waals surface area contributed by atoms with Gasteiger partial charge in [-0.25, -0.2) is 4.39 Å². The summed E-state index contributed by atoms with van der Waals surface area (Å²) in [6, 6.07) is 9.83. The monoisotopic (exact) mass is 337 g/mol. The second kappa shape index (κ2) is 8.75. The molecule has 0 radical (unpaired) electrons. The maximum atomic E-state index is 12.9. The van der Waals surface area contributed by atoms with E-state index in [2.05, 4.69) is 12.2 Å². The first-order valence-corrected chi connectivity index (χ1v) is 7.96. The lowest BCUT2D eigenvalue weighted by Gasteiger charge is -2.14. The van der Waals surface area contributed by atoms with Gasteiger partial charge in [0.15, 0.2) is 11.5 Å². The predicted molar refractivity (Wildman–Crippen MR) is 90.7 cm³/mol. The number of hydrogen-bond donors (Lipinski definition) is 1. The number of halogens is 2. The molecule has 0 aromatic heterocycles. The van der Waals surface area contributed by atoms with Gasteiger partial charge in [-0.05, 0) is 42.3 Å². The van der Waals surface area contributed by atoms with Crippen LogP contribution in [0.15, 0.2) is 36.4 Å². The lowest BCUT2D eigenvalue weighted by molar-refractivity contribution is 0.284. The first kappa shape index (κ1) is 17.6. The van der Waals surface area contributed by atoms with Crippen molar-refractivity contribution in [2.45, 2.75) is 26.5 Å². The summed E-state index contributed by atoms with van der Waals surface area (Å²) in [7, 11) is 1.59. The average Bonchev–Trinajstić information content (AvgIpc) is 2.56. The normalized spacial score (nSPS) is 10.6. The fourth-order valence-corrected chi connectivity index (χ4v) is 2.35. The topological polar surface area (TPSA) is 30.5 Å². The highest BCUT2D eigenvalue weighted by atomic mass is 35.5. The molecule has 0 aliphatic rings. The molecule has 5 heteroatoms. The summed E-state index contributed by atoms with van der Waals surface area (Å²) in [5.74, 6) is 0.934. The smallest absolute Gasteiger partial charge is 0.163 e. The second-order valence-corrected chi connectivity index (χ2v) is 5.59. The van der Waals surface area contributed by atoms with Gasteiger partial charge < -0.3 is 14.8 Å². The van der Waals surface area contributed by atoms with Gasteiger partial charge in [0.25, 0.3) is 0 Å². The third-order valence-corrected chi connectivity index (χ3v) is 3.73. The molecule has 3 nitrogen and oxygen atoms in total. The standard InChI is InChI=1S/C18H21ClFNO2/c1-3-8-21-11-14-9-17(22-2)18(10-16(14)19)23-12-13-4-6-15(20)7-5-13/h4-7,9-10,21H,3,8,11-12H2,1-2H3. The molecule has 2 aromatic carbocycles. The van der Waals surface area contributed by atoms with Crippen LogP contribution in [0.25, 0.3) is 0 Å². The van der Waals surface area contributed by atoms with E-state index in [1.165, 1.54) is 12.1 Å². The van der Waals surface area contributed by atoms with E-state index in [1.807, 2.05) is 6.07 Å². The van der Waals surface area contributed by atoms with Gasteiger partial charge >= 0.3 is 0 Å². The van der Waals surface area contributed by atoms with Crippen LogP contribution >= 0.6 is 11.6 Å². The van der Waals surface area contributed by atoms with E-state index in [4.69, 9.17) is 21.1 Å². The first-order chi connectivity index (χ1) is 11.1. The van der Waals surface area contributed by atoms with Crippen LogP contribution in [0, 0.1) is 5.82 Å². The lowest BCUT2D eigenvalue weighted by Crippen LogP contribution is -2.14. The van der Waals surface area contributed by atoms with Gasteiger partial charge in [0, 0.05) is 17.6 Å². The van der Waals surface area contributed by atoms with Crippen LogP contribution in [0.4, 0.5) is 4.39 Å². The van der Waals surface area contributed by atoms with E-state index >= 15 is 0 Å². The Bertz CT molecular complexity index is 632.